The molecule has 76 valence electrons. The molecule has 0 saturated heterocycles. The van der Waals surface area contributed by atoms with Gasteiger partial charge in [-0.1, -0.05) is 12.1 Å². The monoisotopic (exact) mass is 201 g/mol. The second kappa shape index (κ2) is 2.84. The average Bonchev–Trinajstić information content (AvgIpc) is 2.74. The Morgan fingerprint density at radius 3 is 3.00 bits per heavy atom. The predicted octanol–water partition coefficient (Wildman–Crippen LogP) is 2.33. The van der Waals surface area contributed by atoms with E-state index in [0.717, 1.165) is 27.8 Å². The van der Waals surface area contributed by atoms with E-state index in [-0.39, 0.29) is 6.04 Å². The van der Waals surface area contributed by atoms with Crippen LogP contribution in [0.25, 0.3) is 22.1 Å². The lowest BCUT2D eigenvalue weighted by molar-refractivity contribution is 0.649. The Kier molecular flexibility index (Phi) is 1.61. The van der Waals surface area contributed by atoms with Crippen molar-refractivity contribution in [2.75, 3.05) is 0 Å². The van der Waals surface area contributed by atoms with Gasteiger partial charge in [-0.3, -0.25) is 5.10 Å². The first kappa shape index (κ1) is 8.49. The van der Waals surface area contributed by atoms with Gasteiger partial charge < -0.3 is 10.2 Å². The number of benzene rings is 1. The first-order valence-corrected chi connectivity index (χ1v) is 4.88. The van der Waals surface area contributed by atoms with Crippen molar-refractivity contribution in [3.05, 3.63) is 30.0 Å². The normalized spacial score (nSPS) is 13.7. The summed E-state index contributed by atoms with van der Waals surface area (Å²) in [5.41, 5.74) is 9.14. The van der Waals surface area contributed by atoms with Crippen LogP contribution in [0.1, 0.15) is 18.7 Å². The van der Waals surface area contributed by atoms with E-state index in [9.17, 15) is 0 Å². The lowest BCUT2D eigenvalue weighted by Crippen LogP contribution is -2.05. The summed E-state index contributed by atoms with van der Waals surface area (Å²) in [5.74, 6) is 0. The van der Waals surface area contributed by atoms with E-state index in [1.54, 1.807) is 0 Å². The summed E-state index contributed by atoms with van der Waals surface area (Å²) >= 11 is 0. The zero-order chi connectivity index (χ0) is 10.4. The van der Waals surface area contributed by atoms with Gasteiger partial charge in [0.25, 0.3) is 0 Å². The topological polar surface area (TPSA) is 67.8 Å². The number of H-pyrrole nitrogens is 1. The van der Waals surface area contributed by atoms with E-state index in [0.29, 0.717) is 0 Å². The molecule has 2 aromatic heterocycles. The first-order valence-electron chi connectivity index (χ1n) is 4.88. The Morgan fingerprint density at radius 1 is 1.40 bits per heavy atom. The molecule has 1 unspecified atom stereocenters. The van der Waals surface area contributed by atoms with Crippen molar-refractivity contribution in [2.24, 2.45) is 5.73 Å². The van der Waals surface area contributed by atoms with Gasteiger partial charge in [-0.15, -0.1) is 0 Å². The van der Waals surface area contributed by atoms with Crippen LogP contribution in [-0.4, -0.2) is 10.2 Å². The van der Waals surface area contributed by atoms with Crippen LogP contribution in [0.2, 0.25) is 0 Å². The maximum Gasteiger partial charge on any atom is 0.178 e. The smallest absolute Gasteiger partial charge is 0.178 e. The Labute approximate surface area is 86.1 Å². The fraction of sp³-hybridized carbons (Fsp3) is 0.182. The molecule has 0 radical (unpaired) electrons. The lowest BCUT2D eigenvalue weighted by atomic mass is 10.2. The molecule has 4 heteroatoms. The molecule has 3 rings (SSSR count). The maximum atomic E-state index is 5.81. The van der Waals surface area contributed by atoms with Gasteiger partial charge in [0.2, 0.25) is 0 Å². The van der Waals surface area contributed by atoms with Crippen LogP contribution in [0.4, 0.5) is 0 Å². The van der Waals surface area contributed by atoms with Crippen LogP contribution in [0.15, 0.2) is 28.7 Å². The molecule has 0 aliphatic carbocycles. The summed E-state index contributed by atoms with van der Waals surface area (Å²) in [5, 5.41) is 8.17. The molecule has 0 amide bonds. The van der Waals surface area contributed by atoms with Crippen molar-refractivity contribution >= 4 is 22.1 Å². The maximum absolute atomic E-state index is 5.81. The van der Waals surface area contributed by atoms with Gasteiger partial charge in [0, 0.05) is 11.4 Å². The standard InChI is InChI=1S/C11H11N3O/c1-6(12)9-11-10(14-13-9)7-4-2-3-5-8(7)15-11/h2-6H,12H2,1H3,(H,13,14). The number of nitrogens with two attached hydrogens (primary N) is 1. The van der Waals surface area contributed by atoms with Crippen molar-refractivity contribution < 1.29 is 4.42 Å². The molecule has 3 N–H and O–H groups in total. The van der Waals surface area contributed by atoms with Crippen LogP contribution in [-0.2, 0) is 0 Å². The number of rotatable bonds is 1. The third-order valence-electron chi connectivity index (χ3n) is 2.56. The Morgan fingerprint density at radius 2 is 2.20 bits per heavy atom. The average molecular weight is 201 g/mol. The number of nitrogens with zero attached hydrogens (tertiary/aromatic N) is 1. The second-order valence-electron chi connectivity index (χ2n) is 3.70. The minimum absolute atomic E-state index is 0.101. The van der Waals surface area contributed by atoms with Crippen LogP contribution in [0.5, 0.6) is 0 Å². The quantitative estimate of drug-likeness (QED) is 0.634. The summed E-state index contributed by atoms with van der Waals surface area (Å²) in [6.45, 7) is 1.90. The third-order valence-corrected chi connectivity index (χ3v) is 2.56. The van der Waals surface area contributed by atoms with E-state index < -0.39 is 0 Å². The Bertz CT molecular complexity index is 621. The molecule has 0 spiro atoms. The minimum Gasteiger partial charge on any atom is -0.452 e. The van der Waals surface area contributed by atoms with E-state index in [4.69, 9.17) is 10.2 Å². The molecule has 4 nitrogen and oxygen atoms in total. The number of para-hydroxylation sites is 1. The van der Waals surface area contributed by atoms with Gasteiger partial charge in [-0.2, -0.15) is 5.10 Å². The van der Waals surface area contributed by atoms with Crippen molar-refractivity contribution in [1.29, 1.82) is 0 Å². The molecule has 0 fully saturated rings. The lowest BCUT2D eigenvalue weighted by Gasteiger charge is -1.98. The number of fused-ring (bicyclic) bond motifs is 3. The number of aromatic amines is 1. The third kappa shape index (κ3) is 1.08. The van der Waals surface area contributed by atoms with Gasteiger partial charge >= 0.3 is 0 Å². The fourth-order valence-electron chi connectivity index (χ4n) is 1.80. The highest BCUT2D eigenvalue weighted by Crippen LogP contribution is 2.30. The first-order chi connectivity index (χ1) is 7.27. The van der Waals surface area contributed by atoms with Crippen molar-refractivity contribution in [2.45, 2.75) is 13.0 Å². The summed E-state index contributed by atoms with van der Waals surface area (Å²) in [7, 11) is 0. The van der Waals surface area contributed by atoms with E-state index in [2.05, 4.69) is 10.2 Å². The number of aromatic nitrogens is 2. The SMILES string of the molecule is CC(N)c1[nH]nc2c1oc1ccccc12. The van der Waals surface area contributed by atoms with Gasteiger partial charge in [-0.25, -0.2) is 0 Å². The number of hydrogen-bond donors (Lipinski definition) is 2. The molecule has 15 heavy (non-hydrogen) atoms. The van der Waals surface area contributed by atoms with Crippen LogP contribution in [0.3, 0.4) is 0 Å². The predicted molar refractivity (Wildman–Crippen MR) is 58.5 cm³/mol. The molecule has 1 atom stereocenters. The van der Waals surface area contributed by atoms with Crippen molar-refractivity contribution in [3.63, 3.8) is 0 Å². The zero-order valence-corrected chi connectivity index (χ0v) is 8.32. The van der Waals surface area contributed by atoms with Gasteiger partial charge in [0.15, 0.2) is 5.58 Å². The van der Waals surface area contributed by atoms with Crippen molar-refractivity contribution in [3.8, 4) is 0 Å². The highest BCUT2D eigenvalue weighted by Gasteiger charge is 2.15. The molecular formula is C11H11N3O. The molecule has 0 bridgehead atoms. The van der Waals surface area contributed by atoms with Crippen LogP contribution >= 0.6 is 0 Å². The highest BCUT2D eigenvalue weighted by atomic mass is 16.3. The molecular weight excluding hydrogens is 190 g/mol. The number of hydrogen-bond acceptors (Lipinski definition) is 3. The second-order valence-corrected chi connectivity index (χ2v) is 3.70. The minimum atomic E-state index is -0.101. The Hall–Kier alpha value is -1.81. The van der Waals surface area contributed by atoms with Crippen LogP contribution in [0, 0.1) is 0 Å². The molecule has 1 aromatic carbocycles. The van der Waals surface area contributed by atoms with Crippen molar-refractivity contribution in [1.82, 2.24) is 10.2 Å². The number of nitrogens with one attached hydrogen (secondary N) is 1. The van der Waals surface area contributed by atoms with E-state index in [1.165, 1.54) is 0 Å². The van der Waals surface area contributed by atoms with Gasteiger partial charge in [-0.05, 0) is 19.1 Å². The van der Waals surface area contributed by atoms with Crippen LogP contribution < -0.4 is 5.73 Å². The molecule has 0 aliphatic rings. The molecule has 2 heterocycles. The molecule has 3 aromatic rings. The summed E-state index contributed by atoms with van der Waals surface area (Å²) in [6, 6.07) is 7.74. The number of furan rings is 1. The summed E-state index contributed by atoms with van der Waals surface area (Å²) in [6.07, 6.45) is 0. The van der Waals surface area contributed by atoms with Gasteiger partial charge in [0.1, 0.15) is 11.1 Å². The van der Waals surface area contributed by atoms with E-state index >= 15 is 0 Å². The van der Waals surface area contributed by atoms with Gasteiger partial charge in [0.05, 0.1) is 5.69 Å². The summed E-state index contributed by atoms with van der Waals surface area (Å²) < 4.78 is 5.71. The van der Waals surface area contributed by atoms with E-state index in [1.807, 2.05) is 31.2 Å². The molecule has 0 aliphatic heterocycles. The fourth-order valence-corrected chi connectivity index (χ4v) is 1.80. The Balaban J connectivity index is 2.45. The largest absolute Gasteiger partial charge is 0.452 e. The highest BCUT2D eigenvalue weighted by molar-refractivity contribution is 6.03. The molecule has 0 saturated carbocycles. The zero-order valence-electron chi connectivity index (χ0n) is 8.32. The summed E-state index contributed by atoms with van der Waals surface area (Å²) in [4.78, 5) is 0.